The molecule has 1 amide bonds. The number of carbonyl (C=O) groups is 3. The molecule has 0 fully saturated rings. The van der Waals surface area contributed by atoms with Crippen molar-refractivity contribution in [3.05, 3.63) is 34.9 Å². The van der Waals surface area contributed by atoms with Crippen molar-refractivity contribution in [1.29, 1.82) is 0 Å². The summed E-state index contributed by atoms with van der Waals surface area (Å²) in [6.45, 7) is 0.756. The molecular formula is C18H24ClNO6. The fourth-order valence-electron chi connectivity index (χ4n) is 2.19. The van der Waals surface area contributed by atoms with E-state index in [1.165, 1.54) is 12.0 Å². The number of hydrogen-bond donors (Lipinski definition) is 1. The number of aliphatic hydroxyl groups is 1. The van der Waals surface area contributed by atoms with Crippen LogP contribution in [0.3, 0.4) is 0 Å². The van der Waals surface area contributed by atoms with Crippen LogP contribution in [0, 0.1) is 0 Å². The Balaban J connectivity index is 2.54. The molecule has 0 aliphatic rings. The molecule has 0 aliphatic heterocycles. The zero-order chi connectivity index (χ0) is 19.4. The summed E-state index contributed by atoms with van der Waals surface area (Å²) in [7, 11) is 1.28. The number of nitrogens with zero attached hydrogens (tertiary/aromatic N) is 1. The number of rotatable bonds is 12. The minimum atomic E-state index is -0.420. The predicted octanol–water partition coefficient (Wildman–Crippen LogP) is 1.70. The van der Waals surface area contributed by atoms with E-state index in [4.69, 9.17) is 21.4 Å². The van der Waals surface area contributed by atoms with Crippen LogP contribution >= 0.6 is 11.6 Å². The number of amides is 1. The van der Waals surface area contributed by atoms with E-state index in [-0.39, 0.29) is 63.9 Å². The average Bonchev–Trinajstić information content (AvgIpc) is 2.65. The maximum atomic E-state index is 12.4. The van der Waals surface area contributed by atoms with Gasteiger partial charge in [0.2, 0.25) is 5.91 Å². The van der Waals surface area contributed by atoms with E-state index >= 15 is 0 Å². The molecule has 144 valence electrons. The van der Waals surface area contributed by atoms with Gasteiger partial charge in [-0.1, -0.05) is 11.6 Å². The minimum absolute atomic E-state index is 0.0304. The summed E-state index contributed by atoms with van der Waals surface area (Å²) in [5, 5.41) is 9.24. The fraction of sp³-hybridized carbons (Fsp3) is 0.500. The van der Waals surface area contributed by atoms with E-state index in [0.29, 0.717) is 10.6 Å². The quantitative estimate of drug-likeness (QED) is 0.334. The molecule has 0 unspecified atom stereocenters. The van der Waals surface area contributed by atoms with Crippen LogP contribution in [0.1, 0.15) is 29.6 Å². The molecule has 0 aromatic heterocycles. The van der Waals surface area contributed by atoms with Crippen molar-refractivity contribution < 1.29 is 29.0 Å². The molecule has 26 heavy (non-hydrogen) atoms. The lowest BCUT2D eigenvalue weighted by Gasteiger charge is -2.22. The van der Waals surface area contributed by atoms with Crippen LogP contribution < -0.4 is 0 Å². The maximum Gasteiger partial charge on any atom is 0.307 e. The zero-order valence-corrected chi connectivity index (χ0v) is 15.5. The summed E-state index contributed by atoms with van der Waals surface area (Å²) in [6.07, 6.45) is 0.155. The normalized spacial score (nSPS) is 10.4. The van der Waals surface area contributed by atoms with Gasteiger partial charge in [-0.25, -0.2) is 0 Å². The van der Waals surface area contributed by atoms with Gasteiger partial charge in [-0.3, -0.25) is 14.4 Å². The molecule has 1 aromatic rings. The summed E-state index contributed by atoms with van der Waals surface area (Å²) < 4.78 is 9.75. The van der Waals surface area contributed by atoms with E-state index in [0.717, 1.165) is 0 Å². The number of methoxy groups -OCH3 is 1. The zero-order valence-electron chi connectivity index (χ0n) is 14.8. The van der Waals surface area contributed by atoms with Crippen LogP contribution in [0.5, 0.6) is 0 Å². The number of Topliss-reactive ketones (excluding diaryl/α,β-unsaturated/α-hetero) is 1. The van der Waals surface area contributed by atoms with Gasteiger partial charge in [0.25, 0.3) is 0 Å². The highest BCUT2D eigenvalue weighted by Crippen LogP contribution is 2.12. The van der Waals surface area contributed by atoms with Crippen LogP contribution in [0.2, 0.25) is 5.02 Å². The summed E-state index contributed by atoms with van der Waals surface area (Å²) >= 11 is 5.79. The van der Waals surface area contributed by atoms with Crippen molar-refractivity contribution in [2.24, 2.45) is 0 Å². The molecular weight excluding hydrogens is 362 g/mol. The van der Waals surface area contributed by atoms with Crippen LogP contribution in [0.4, 0.5) is 0 Å². The fourth-order valence-corrected chi connectivity index (χ4v) is 2.32. The number of esters is 1. The first-order valence-electron chi connectivity index (χ1n) is 8.30. The first kappa shape index (κ1) is 22.1. The lowest BCUT2D eigenvalue weighted by atomic mass is 10.1. The Kier molecular flexibility index (Phi) is 10.5. The first-order valence-corrected chi connectivity index (χ1v) is 8.67. The van der Waals surface area contributed by atoms with Crippen LogP contribution in [-0.4, -0.2) is 67.7 Å². The number of benzene rings is 1. The van der Waals surface area contributed by atoms with Gasteiger partial charge in [-0.15, -0.1) is 0 Å². The van der Waals surface area contributed by atoms with Crippen molar-refractivity contribution in [1.82, 2.24) is 4.90 Å². The molecule has 0 atom stereocenters. The average molecular weight is 386 g/mol. The predicted molar refractivity (Wildman–Crippen MR) is 96.1 cm³/mol. The van der Waals surface area contributed by atoms with Crippen LogP contribution in [0.15, 0.2) is 24.3 Å². The summed E-state index contributed by atoms with van der Waals surface area (Å²) in [6, 6.07) is 6.48. The van der Waals surface area contributed by atoms with Gasteiger partial charge in [0, 0.05) is 36.5 Å². The van der Waals surface area contributed by atoms with E-state index in [2.05, 4.69) is 4.74 Å². The van der Waals surface area contributed by atoms with Gasteiger partial charge in [0.15, 0.2) is 5.78 Å². The molecule has 8 heteroatoms. The van der Waals surface area contributed by atoms with Gasteiger partial charge in [-0.2, -0.15) is 0 Å². The minimum Gasteiger partial charge on any atom is -0.469 e. The van der Waals surface area contributed by atoms with Gasteiger partial charge >= 0.3 is 5.97 Å². The molecule has 1 aromatic carbocycles. The third kappa shape index (κ3) is 8.42. The van der Waals surface area contributed by atoms with Crippen molar-refractivity contribution in [3.8, 4) is 0 Å². The Morgan fingerprint density at radius 3 is 2.35 bits per heavy atom. The Hall–Kier alpha value is -1.96. The lowest BCUT2D eigenvalue weighted by Crippen LogP contribution is -2.36. The monoisotopic (exact) mass is 385 g/mol. The third-order valence-corrected chi connectivity index (χ3v) is 3.89. The number of aliphatic hydroxyl groups excluding tert-OH is 1. The highest BCUT2D eigenvalue weighted by Gasteiger charge is 2.17. The van der Waals surface area contributed by atoms with Gasteiger partial charge in [0.1, 0.15) is 0 Å². The van der Waals surface area contributed by atoms with E-state index in [9.17, 15) is 14.4 Å². The molecule has 0 saturated carbocycles. The largest absolute Gasteiger partial charge is 0.469 e. The molecule has 0 saturated heterocycles. The van der Waals surface area contributed by atoms with E-state index < -0.39 is 5.97 Å². The van der Waals surface area contributed by atoms with E-state index in [1.54, 1.807) is 24.3 Å². The molecule has 0 aliphatic carbocycles. The van der Waals surface area contributed by atoms with Crippen molar-refractivity contribution in [3.63, 3.8) is 0 Å². The van der Waals surface area contributed by atoms with Gasteiger partial charge < -0.3 is 19.5 Å². The SMILES string of the molecule is COC(=O)CCN(CCOCCO)C(=O)CCC(=O)c1ccc(Cl)cc1. The van der Waals surface area contributed by atoms with Crippen LogP contribution in [0.25, 0.3) is 0 Å². The number of halogens is 1. The highest BCUT2D eigenvalue weighted by molar-refractivity contribution is 6.30. The Morgan fingerprint density at radius 2 is 1.73 bits per heavy atom. The maximum absolute atomic E-state index is 12.4. The van der Waals surface area contributed by atoms with Gasteiger partial charge in [-0.05, 0) is 24.3 Å². The Bertz CT molecular complexity index is 590. The Morgan fingerprint density at radius 1 is 1.04 bits per heavy atom. The topological polar surface area (TPSA) is 93.1 Å². The molecule has 0 heterocycles. The standard InChI is InChI=1S/C18H24ClNO6/c1-25-18(24)8-9-20(10-12-26-13-11-21)17(23)7-6-16(22)14-2-4-15(19)5-3-14/h2-5,21H,6-13H2,1H3. The number of ether oxygens (including phenoxy) is 2. The van der Waals surface area contributed by atoms with Gasteiger partial charge in [0.05, 0.1) is 33.4 Å². The van der Waals surface area contributed by atoms with Crippen LogP contribution in [-0.2, 0) is 19.1 Å². The summed E-state index contributed by atoms with van der Waals surface area (Å²) in [5.41, 5.74) is 0.495. The lowest BCUT2D eigenvalue weighted by molar-refractivity contribution is -0.142. The molecule has 1 N–H and O–H groups in total. The molecule has 0 spiro atoms. The second-order valence-electron chi connectivity index (χ2n) is 5.47. The molecule has 0 bridgehead atoms. The van der Waals surface area contributed by atoms with Crippen molar-refractivity contribution in [2.75, 3.05) is 40.0 Å². The van der Waals surface area contributed by atoms with Crippen molar-refractivity contribution >= 4 is 29.3 Å². The molecule has 7 nitrogen and oxygen atoms in total. The Labute approximate surface area is 157 Å². The molecule has 1 rings (SSSR count). The van der Waals surface area contributed by atoms with E-state index in [1.807, 2.05) is 0 Å². The third-order valence-electron chi connectivity index (χ3n) is 3.64. The van der Waals surface area contributed by atoms with Crippen molar-refractivity contribution in [2.45, 2.75) is 19.3 Å². The highest BCUT2D eigenvalue weighted by atomic mass is 35.5. The second-order valence-corrected chi connectivity index (χ2v) is 5.91. The second kappa shape index (κ2) is 12.4. The summed E-state index contributed by atoms with van der Waals surface area (Å²) in [4.78, 5) is 37.3. The first-order chi connectivity index (χ1) is 12.5. The number of hydrogen-bond acceptors (Lipinski definition) is 6. The number of carbonyl (C=O) groups excluding carboxylic acids is 3. The summed E-state index contributed by atoms with van der Waals surface area (Å²) in [5.74, 6) is -0.820. The number of ketones is 1. The molecule has 0 radical (unpaired) electrons. The smallest absolute Gasteiger partial charge is 0.307 e.